The first-order chi connectivity index (χ1) is 8.61. The highest BCUT2D eigenvalue weighted by molar-refractivity contribution is 9.10. The van der Waals surface area contributed by atoms with Crippen LogP contribution in [0.2, 0.25) is 0 Å². The third kappa shape index (κ3) is 2.83. The molecule has 5 heteroatoms. The molecule has 1 heterocycles. The summed E-state index contributed by atoms with van der Waals surface area (Å²) in [6.07, 6.45) is 0.0178. The van der Waals surface area contributed by atoms with Crippen LogP contribution in [-0.4, -0.2) is 31.8 Å². The van der Waals surface area contributed by atoms with E-state index in [1.807, 2.05) is 25.1 Å². The van der Waals surface area contributed by atoms with Gasteiger partial charge in [0.25, 0.3) is 0 Å². The number of anilines is 1. The summed E-state index contributed by atoms with van der Waals surface area (Å²) in [6, 6.07) is 7.90. The topological polar surface area (TPSA) is 62.3 Å². The second kappa shape index (κ2) is 5.70. The fourth-order valence-electron chi connectivity index (χ4n) is 2.07. The Bertz CT molecular complexity index is 470. The summed E-state index contributed by atoms with van der Waals surface area (Å²) in [7, 11) is 0. The largest absolute Gasteiger partial charge is 0.373 e. The smallest absolute Gasteiger partial charge is 0.101 e. The lowest BCUT2D eigenvalue weighted by atomic mass is 10.1. The zero-order valence-corrected chi connectivity index (χ0v) is 11.9. The van der Waals surface area contributed by atoms with Gasteiger partial charge in [0.2, 0.25) is 0 Å². The molecule has 1 aliphatic rings. The number of benzene rings is 1. The quantitative estimate of drug-likeness (QED) is 0.906. The molecule has 1 fully saturated rings. The highest BCUT2D eigenvalue weighted by atomic mass is 79.9. The van der Waals surface area contributed by atoms with E-state index in [0.717, 1.165) is 23.2 Å². The number of ether oxygens (including phenoxy) is 1. The second-order valence-electron chi connectivity index (χ2n) is 4.49. The Balaban J connectivity index is 2.25. The fourth-order valence-corrected chi connectivity index (χ4v) is 2.42. The van der Waals surface area contributed by atoms with E-state index in [1.165, 1.54) is 0 Å². The third-order valence-corrected chi connectivity index (χ3v) is 3.59. The van der Waals surface area contributed by atoms with Crippen molar-refractivity contribution in [3.8, 4) is 6.07 Å². The lowest BCUT2D eigenvalue weighted by Gasteiger charge is -2.36. The van der Waals surface area contributed by atoms with Crippen LogP contribution in [0.4, 0.5) is 5.69 Å². The van der Waals surface area contributed by atoms with Crippen LogP contribution in [0.15, 0.2) is 22.7 Å². The lowest BCUT2D eigenvalue weighted by molar-refractivity contribution is 0.0276. The molecule has 0 amide bonds. The zero-order chi connectivity index (χ0) is 13.1. The number of hydrogen-bond donors (Lipinski definition) is 1. The van der Waals surface area contributed by atoms with Gasteiger partial charge in [-0.3, -0.25) is 0 Å². The number of nitrogens with zero attached hydrogens (tertiary/aromatic N) is 2. The summed E-state index contributed by atoms with van der Waals surface area (Å²) in [6.45, 7) is 4.10. The molecular formula is C13H16BrN3O. The van der Waals surface area contributed by atoms with Crippen LogP contribution in [0, 0.1) is 11.3 Å². The van der Waals surface area contributed by atoms with Gasteiger partial charge >= 0.3 is 0 Å². The molecule has 0 radical (unpaired) electrons. The molecule has 1 aliphatic heterocycles. The van der Waals surface area contributed by atoms with E-state index in [4.69, 9.17) is 15.7 Å². The molecule has 2 rings (SSSR count). The SMILES string of the molecule is CC(N)C1CN(c2cc(Br)ccc2C#N)CCO1. The van der Waals surface area contributed by atoms with Gasteiger partial charge in [-0.25, -0.2) is 0 Å². The van der Waals surface area contributed by atoms with Crippen molar-refractivity contribution in [2.45, 2.75) is 19.1 Å². The van der Waals surface area contributed by atoms with Crippen LogP contribution in [-0.2, 0) is 4.74 Å². The minimum Gasteiger partial charge on any atom is -0.373 e. The van der Waals surface area contributed by atoms with Gasteiger partial charge in [0, 0.05) is 23.6 Å². The fraction of sp³-hybridized carbons (Fsp3) is 0.462. The molecular weight excluding hydrogens is 294 g/mol. The molecule has 1 saturated heterocycles. The number of hydrogen-bond acceptors (Lipinski definition) is 4. The van der Waals surface area contributed by atoms with E-state index >= 15 is 0 Å². The lowest BCUT2D eigenvalue weighted by Crippen LogP contribution is -2.49. The van der Waals surface area contributed by atoms with Crippen LogP contribution in [0.3, 0.4) is 0 Å². The van der Waals surface area contributed by atoms with E-state index in [9.17, 15) is 0 Å². The highest BCUT2D eigenvalue weighted by Gasteiger charge is 2.24. The van der Waals surface area contributed by atoms with Gasteiger partial charge in [0.1, 0.15) is 6.07 Å². The van der Waals surface area contributed by atoms with Crippen LogP contribution in [0.25, 0.3) is 0 Å². The first-order valence-electron chi connectivity index (χ1n) is 5.93. The Morgan fingerprint density at radius 2 is 2.39 bits per heavy atom. The van der Waals surface area contributed by atoms with Crippen molar-refractivity contribution in [1.82, 2.24) is 0 Å². The molecule has 0 saturated carbocycles. The molecule has 0 bridgehead atoms. The average molecular weight is 310 g/mol. The van der Waals surface area contributed by atoms with Crippen molar-refractivity contribution in [2.24, 2.45) is 5.73 Å². The molecule has 0 aliphatic carbocycles. The number of rotatable bonds is 2. The first kappa shape index (κ1) is 13.3. The van der Waals surface area contributed by atoms with E-state index in [-0.39, 0.29) is 12.1 Å². The molecule has 96 valence electrons. The number of nitrogens with two attached hydrogens (primary N) is 1. The van der Waals surface area contributed by atoms with Crippen LogP contribution < -0.4 is 10.6 Å². The van der Waals surface area contributed by atoms with Crippen LogP contribution in [0.5, 0.6) is 0 Å². The van der Waals surface area contributed by atoms with Crippen molar-refractivity contribution in [3.05, 3.63) is 28.2 Å². The van der Waals surface area contributed by atoms with Gasteiger partial charge in [-0.15, -0.1) is 0 Å². The Kier molecular flexibility index (Phi) is 4.23. The van der Waals surface area contributed by atoms with Crippen molar-refractivity contribution >= 4 is 21.6 Å². The molecule has 1 aromatic rings. The Morgan fingerprint density at radius 3 is 3.06 bits per heavy atom. The minimum absolute atomic E-state index is 0.00881. The molecule has 2 atom stereocenters. The zero-order valence-electron chi connectivity index (χ0n) is 10.3. The molecule has 18 heavy (non-hydrogen) atoms. The summed E-state index contributed by atoms with van der Waals surface area (Å²) < 4.78 is 6.61. The third-order valence-electron chi connectivity index (χ3n) is 3.10. The van der Waals surface area contributed by atoms with E-state index in [1.54, 1.807) is 0 Å². The predicted molar refractivity (Wildman–Crippen MR) is 74.5 cm³/mol. The monoisotopic (exact) mass is 309 g/mol. The number of nitriles is 1. The van der Waals surface area contributed by atoms with Gasteiger partial charge < -0.3 is 15.4 Å². The molecule has 0 aromatic heterocycles. The van der Waals surface area contributed by atoms with Crippen molar-refractivity contribution in [2.75, 3.05) is 24.6 Å². The van der Waals surface area contributed by atoms with Crippen LogP contribution in [0.1, 0.15) is 12.5 Å². The summed E-state index contributed by atoms with van der Waals surface area (Å²) in [5.74, 6) is 0. The van der Waals surface area contributed by atoms with E-state index < -0.39 is 0 Å². The standard InChI is InChI=1S/C13H16BrN3O/c1-9(16)13-8-17(4-5-18-13)12-6-11(14)3-2-10(12)7-15/h2-3,6,9,13H,4-5,8,16H2,1H3. The van der Waals surface area contributed by atoms with Gasteiger partial charge in [-0.1, -0.05) is 15.9 Å². The molecule has 2 N–H and O–H groups in total. The summed E-state index contributed by atoms with van der Waals surface area (Å²) in [5, 5.41) is 9.17. The molecule has 1 aromatic carbocycles. The Hall–Kier alpha value is -1.09. The van der Waals surface area contributed by atoms with Crippen molar-refractivity contribution < 1.29 is 4.74 Å². The molecule has 0 spiro atoms. The first-order valence-corrected chi connectivity index (χ1v) is 6.73. The molecule has 2 unspecified atom stereocenters. The Morgan fingerprint density at radius 1 is 1.61 bits per heavy atom. The molecule has 4 nitrogen and oxygen atoms in total. The summed E-state index contributed by atoms with van der Waals surface area (Å²) in [5.41, 5.74) is 7.51. The number of halogens is 1. The van der Waals surface area contributed by atoms with Crippen molar-refractivity contribution in [1.29, 1.82) is 5.26 Å². The van der Waals surface area contributed by atoms with E-state index in [2.05, 4.69) is 26.9 Å². The number of morpholine rings is 1. The maximum atomic E-state index is 9.17. The maximum absolute atomic E-state index is 9.17. The van der Waals surface area contributed by atoms with Gasteiger partial charge in [0.15, 0.2) is 0 Å². The minimum atomic E-state index is -0.00881. The van der Waals surface area contributed by atoms with E-state index in [0.29, 0.717) is 12.2 Å². The predicted octanol–water partition coefficient (Wildman–Crippen LogP) is 1.87. The highest BCUT2D eigenvalue weighted by Crippen LogP contribution is 2.26. The normalized spacial score (nSPS) is 21.4. The van der Waals surface area contributed by atoms with Gasteiger partial charge in [-0.2, -0.15) is 5.26 Å². The van der Waals surface area contributed by atoms with Crippen LogP contribution >= 0.6 is 15.9 Å². The summed E-state index contributed by atoms with van der Waals surface area (Å²) in [4.78, 5) is 2.17. The second-order valence-corrected chi connectivity index (χ2v) is 5.40. The Labute approximate surface area is 115 Å². The average Bonchev–Trinajstić information content (AvgIpc) is 2.39. The van der Waals surface area contributed by atoms with Gasteiger partial charge in [0.05, 0.1) is 24.0 Å². The van der Waals surface area contributed by atoms with Gasteiger partial charge in [-0.05, 0) is 25.1 Å². The maximum Gasteiger partial charge on any atom is 0.101 e. The van der Waals surface area contributed by atoms with Crippen molar-refractivity contribution in [3.63, 3.8) is 0 Å². The summed E-state index contributed by atoms with van der Waals surface area (Å²) >= 11 is 3.44.